The zero-order chi connectivity index (χ0) is 14.7. The molecule has 1 heterocycles. The van der Waals surface area contributed by atoms with Crippen LogP contribution in [-0.4, -0.2) is 15.8 Å². The van der Waals surface area contributed by atoms with Gasteiger partial charge in [0.1, 0.15) is 0 Å². The van der Waals surface area contributed by atoms with E-state index in [0.717, 1.165) is 29.4 Å². The maximum atomic E-state index is 6.27. The molecule has 0 bridgehead atoms. The van der Waals surface area contributed by atoms with Gasteiger partial charge in [-0.3, -0.25) is 4.68 Å². The summed E-state index contributed by atoms with van der Waals surface area (Å²) in [5.74, 6) is 0. The Bertz CT molecular complexity index is 589. The molecule has 1 aromatic carbocycles. The number of aromatic nitrogens is 2. The molecule has 0 saturated carbocycles. The van der Waals surface area contributed by atoms with E-state index in [2.05, 4.69) is 53.1 Å². The Morgan fingerprint density at radius 3 is 2.70 bits per heavy atom. The highest BCUT2D eigenvalue weighted by Gasteiger charge is 2.11. The Balaban J connectivity index is 1.94. The standard InChI is InChI=1S/C16H22BrN3/c1-11-16(12(2)20(3)19-11)8-7-15(18)10-13-5-4-6-14(17)9-13/h4-6,9,15H,7-8,10,18H2,1-3H3. The Morgan fingerprint density at radius 1 is 1.35 bits per heavy atom. The lowest BCUT2D eigenvalue weighted by atomic mass is 9.99. The molecule has 0 spiro atoms. The van der Waals surface area contributed by atoms with Gasteiger partial charge in [0, 0.05) is 23.3 Å². The van der Waals surface area contributed by atoms with Gasteiger partial charge in [-0.2, -0.15) is 5.10 Å². The Kier molecular flexibility index (Phi) is 5.00. The van der Waals surface area contributed by atoms with Gasteiger partial charge in [0.2, 0.25) is 0 Å². The second-order valence-corrected chi connectivity index (χ2v) is 6.32. The maximum absolute atomic E-state index is 6.27. The van der Waals surface area contributed by atoms with Crippen LogP contribution in [0.15, 0.2) is 28.7 Å². The smallest absolute Gasteiger partial charge is 0.0628 e. The van der Waals surface area contributed by atoms with Crippen molar-refractivity contribution < 1.29 is 0 Å². The summed E-state index contributed by atoms with van der Waals surface area (Å²) < 4.78 is 3.06. The molecule has 2 N–H and O–H groups in total. The molecule has 0 fully saturated rings. The molecule has 0 amide bonds. The predicted octanol–water partition coefficient (Wildman–Crippen LogP) is 3.30. The van der Waals surface area contributed by atoms with E-state index in [1.54, 1.807) is 0 Å². The van der Waals surface area contributed by atoms with Crippen molar-refractivity contribution in [1.29, 1.82) is 0 Å². The van der Waals surface area contributed by atoms with Gasteiger partial charge < -0.3 is 5.73 Å². The molecule has 2 aromatic rings. The van der Waals surface area contributed by atoms with E-state index < -0.39 is 0 Å². The first-order valence-corrected chi connectivity index (χ1v) is 7.75. The number of hydrogen-bond donors (Lipinski definition) is 1. The number of halogens is 1. The minimum absolute atomic E-state index is 0.184. The third kappa shape index (κ3) is 3.70. The van der Waals surface area contributed by atoms with Gasteiger partial charge >= 0.3 is 0 Å². The van der Waals surface area contributed by atoms with E-state index in [4.69, 9.17) is 5.73 Å². The van der Waals surface area contributed by atoms with Crippen LogP contribution < -0.4 is 5.73 Å². The Morgan fingerprint density at radius 2 is 2.10 bits per heavy atom. The molecular formula is C16H22BrN3. The molecule has 1 atom stereocenters. The minimum Gasteiger partial charge on any atom is -0.327 e. The molecule has 4 heteroatoms. The van der Waals surface area contributed by atoms with E-state index in [1.165, 1.54) is 16.8 Å². The SMILES string of the molecule is Cc1nn(C)c(C)c1CCC(N)Cc1cccc(Br)c1. The number of nitrogens with zero attached hydrogens (tertiary/aromatic N) is 2. The van der Waals surface area contributed by atoms with Crippen molar-refractivity contribution in [3.8, 4) is 0 Å². The van der Waals surface area contributed by atoms with Crippen LogP contribution in [0.4, 0.5) is 0 Å². The lowest BCUT2D eigenvalue weighted by molar-refractivity contribution is 0.608. The topological polar surface area (TPSA) is 43.8 Å². The summed E-state index contributed by atoms with van der Waals surface area (Å²) in [7, 11) is 1.99. The van der Waals surface area contributed by atoms with E-state index in [0.29, 0.717) is 0 Å². The van der Waals surface area contributed by atoms with Crippen molar-refractivity contribution in [1.82, 2.24) is 9.78 Å². The molecule has 1 unspecified atom stereocenters. The van der Waals surface area contributed by atoms with Crippen LogP contribution in [0.1, 0.15) is 28.9 Å². The zero-order valence-electron chi connectivity index (χ0n) is 12.4. The summed E-state index contributed by atoms with van der Waals surface area (Å²) in [5.41, 5.74) is 11.3. The van der Waals surface area contributed by atoms with Crippen LogP contribution in [0.3, 0.4) is 0 Å². The van der Waals surface area contributed by atoms with Gasteiger partial charge in [-0.25, -0.2) is 0 Å². The molecule has 108 valence electrons. The second-order valence-electron chi connectivity index (χ2n) is 5.41. The molecule has 0 aliphatic carbocycles. The predicted molar refractivity (Wildman–Crippen MR) is 86.8 cm³/mol. The fraction of sp³-hybridized carbons (Fsp3) is 0.438. The Labute approximate surface area is 129 Å². The van der Waals surface area contributed by atoms with E-state index >= 15 is 0 Å². The van der Waals surface area contributed by atoms with Crippen LogP contribution in [0.25, 0.3) is 0 Å². The fourth-order valence-corrected chi connectivity index (χ4v) is 3.02. The molecule has 1 aromatic heterocycles. The highest BCUT2D eigenvalue weighted by Crippen LogP contribution is 2.17. The van der Waals surface area contributed by atoms with Crippen molar-refractivity contribution in [2.75, 3.05) is 0 Å². The number of benzene rings is 1. The lowest BCUT2D eigenvalue weighted by Gasteiger charge is -2.12. The van der Waals surface area contributed by atoms with Crippen LogP contribution in [0, 0.1) is 13.8 Å². The largest absolute Gasteiger partial charge is 0.327 e. The van der Waals surface area contributed by atoms with Crippen molar-refractivity contribution >= 4 is 15.9 Å². The van der Waals surface area contributed by atoms with Crippen molar-refractivity contribution in [3.05, 3.63) is 51.3 Å². The first-order chi connectivity index (χ1) is 9.47. The summed E-state index contributed by atoms with van der Waals surface area (Å²) in [6.07, 6.45) is 2.90. The van der Waals surface area contributed by atoms with Crippen molar-refractivity contribution in [2.24, 2.45) is 12.8 Å². The summed E-state index contributed by atoms with van der Waals surface area (Å²) >= 11 is 3.50. The fourth-order valence-electron chi connectivity index (χ4n) is 2.58. The van der Waals surface area contributed by atoms with Gasteiger partial charge in [0.15, 0.2) is 0 Å². The molecule has 3 nitrogen and oxygen atoms in total. The highest BCUT2D eigenvalue weighted by molar-refractivity contribution is 9.10. The molecule has 20 heavy (non-hydrogen) atoms. The average molecular weight is 336 g/mol. The van der Waals surface area contributed by atoms with E-state index in [9.17, 15) is 0 Å². The summed E-state index contributed by atoms with van der Waals surface area (Å²) in [6, 6.07) is 8.55. The number of rotatable bonds is 5. The van der Waals surface area contributed by atoms with Crippen LogP contribution in [0.5, 0.6) is 0 Å². The lowest BCUT2D eigenvalue weighted by Crippen LogP contribution is -2.23. The zero-order valence-corrected chi connectivity index (χ0v) is 13.9. The molecule has 0 aliphatic rings. The van der Waals surface area contributed by atoms with Crippen LogP contribution >= 0.6 is 15.9 Å². The second kappa shape index (κ2) is 6.55. The molecule has 0 saturated heterocycles. The van der Waals surface area contributed by atoms with Gasteiger partial charge in [0.25, 0.3) is 0 Å². The van der Waals surface area contributed by atoms with Gasteiger partial charge in [-0.1, -0.05) is 28.1 Å². The monoisotopic (exact) mass is 335 g/mol. The number of aryl methyl sites for hydroxylation is 2. The van der Waals surface area contributed by atoms with Gasteiger partial charge in [-0.15, -0.1) is 0 Å². The van der Waals surface area contributed by atoms with Gasteiger partial charge in [0.05, 0.1) is 5.69 Å². The highest BCUT2D eigenvalue weighted by atomic mass is 79.9. The van der Waals surface area contributed by atoms with Crippen LogP contribution in [-0.2, 0) is 19.9 Å². The summed E-state index contributed by atoms with van der Waals surface area (Å²) in [4.78, 5) is 0. The van der Waals surface area contributed by atoms with Crippen molar-refractivity contribution in [3.63, 3.8) is 0 Å². The van der Waals surface area contributed by atoms with E-state index in [-0.39, 0.29) is 6.04 Å². The van der Waals surface area contributed by atoms with E-state index in [1.807, 2.05) is 17.8 Å². The molecule has 0 aliphatic heterocycles. The number of hydrogen-bond acceptors (Lipinski definition) is 2. The first kappa shape index (κ1) is 15.3. The average Bonchev–Trinajstić information content (AvgIpc) is 2.61. The normalized spacial score (nSPS) is 12.7. The van der Waals surface area contributed by atoms with Gasteiger partial charge in [-0.05, 0) is 56.4 Å². The van der Waals surface area contributed by atoms with Crippen molar-refractivity contribution in [2.45, 2.75) is 39.2 Å². The maximum Gasteiger partial charge on any atom is 0.0628 e. The number of nitrogens with two attached hydrogens (primary N) is 1. The quantitative estimate of drug-likeness (QED) is 0.910. The summed E-state index contributed by atoms with van der Waals surface area (Å²) in [5, 5.41) is 4.45. The molecular weight excluding hydrogens is 314 g/mol. The third-order valence-corrected chi connectivity index (χ3v) is 4.30. The molecule has 2 rings (SSSR count). The van der Waals surface area contributed by atoms with Crippen LogP contribution in [0.2, 0.25) is 0 Å². The Hall–Kier alpha value is -1.13. The third-order valence-electron chi connectivity index (χ3n) is 3.81. The molecule has 0 radical (unpaired) electrons. The minimum atomic E-state index is 0.184. The first-order valence-electron chi connectivity index (χ1n) is 6.96. The summed E-state index contributed by atoms with van der Waals surface area (Å²) in [6.45, 7) is 4.19.